The number of aliphatic hydroxyl groups excluding tert-OH is 1. The SMILES string of the molecule is CCCOC1CC(C=C(C)C2OC(=O)C3CCCCN3C(=O)C(=O)C3(O)OC(C(OC)CC(C)C/C(C)=C/C(CC)C(=O)CC(O)C2C)C(OC)CC3C)CCC1Oc1ccc2c(ccn2C)c1. The van der Waals surface area contributed by atoms with E-state index in [4.69, 9.17) is 28.4 Å². The van der Waals surface area contributed by atoms with Crippen LogP contribution in [-0.4, -0.2) is 125 Å². The van der Waals surface area contributed by atoms with Gasteiger partial charge in [-0.15, -0.1) is 0 Å². The van der Waals surface area contributed by atoms with Gasteiger partial charge in [0.1, 0.15) is 35.9 Å². The number of aryl methyl sites for hydroxylation is 1. The molecule has 4 aliphatic rings. The molecule has 1 aromatic carbocycles. The smallest absolute Gasteiger partial charge is 0.329 e. The Morgan fingerprint density at radius 1 is 0.926 bits per heavy atom. The molecule has 1 aromatic heterocycles. The molecule has 3 fully saturated rings. The number of cyclic esters (lactones) is 1. The Kier molecular flexibility index (Phi) is 18.7. The minimum absolute atomic E-state index is 0.0194. The summed E-state index contributed by atoms with van der Waals surface area (Å²) in [6.07, 6.45) is 7.62. The summed E-state index contributed by atoms with van der Waals surface area (Å²) in [4.78, 5) is 58.7. The van der Waals surface area contributed by atoms with E-state index in [0.717, 1.165) is 41.5 Å². The number of amides is 1. The first-order valence-corrected chi connectivity index (χ1v) is 25.3. The molecule has 3 aliphatic heterocycles. The monoisotopic (exact) mass is 949 g/mol. The van der Waals surface area contributed by atoms with E-state index in [2.05, 4.69) is 42.7 Å². The van der Waals surface area contributed by atoms with Gasteiger partial charge in [0.2, 0.25) is 5.79 Å². The second-order valence-electron chi connectivity index (χ2n) is 20.5. The van der Waals surface area contributed by atoms with Crippen LogP contribution < -0.4 is 4.74 Å². The predicted molar refractivity (Wildman–Crippen MR) is 259 cm³/mol. The highest BCUT2D eigenvalue weighted by Gasteiger charge is 2.56. The first kappa shape index (κ1) is 53.4. The fourth-order valence-electron chi connectivity index (χ4n) is 11.2. The largest absolute Gasteiger partial charge is 0.488 e. The fraction of sp³-hybridized carbons (Fsp3) is 0.704. The lowest BCUT2D eigenvalue weighted by Gasteiger charge is -2.47. The van der Waals surface area contributed by atoms with Crippen molar-refractivity contribution >= 4 is 34.3 Å². The standard InChI is InChI=1S/C54H80N2O12/c1-11-23-65-46-29-37(16-19-45(46)66-40-17-18-41-39(30-40)20-22-55(41)8)27-34(5)49-36(7)43(57)31-44(58)38(12-2)25-32(3)24-33(4)26-47(63-9)50-48(64-10)28-35(6)54(62,68-50)51(59)52(60)56-21-14-13-15-42(56)53(61)67-49/h17-18,20,22,25,27,30,33,35-38,42-43,45-50,57,62H,11-16,19,21,23-24,26,28-29,31H2,1-10H3/b32-25+,34-27?. The zero-order valence-corrected chi connectivity index (χ0v) is 42.3. The highest BCUT2D eigenvalue weighted by atomic mass is 16.7. The number of aliphatic hydroxyl groups is 2. The normalized spacial score (nSPS) is 36.4. The van der Waals surface area contributed by atoms with Gasteiger partial charge in [-0.3, -0.25) is 14.4 Å². The molecule has 2 N–H and O–H groups in total. The molecule has 0 radical (unpaired) electrons. The summed E-state index contributed by atoms with van der Waals surface area (Å²) in [5.41, 5.74) is 2.83. The molecule has 6 rings (SSSR count). The molecule has 2 saturated heterocycles. The van der Waals surface area contributed by atoms with Crippen LogP contribution in [-0.2, 0) is 49.9 Å². The lowest BCUT2D eigenvalue weighted by molar-refractivity contribution is -0.302. The number of rotatable bonds is 10. The number of carbonyl (C=O) groups excluding carboxylic acids is 4. The Bertz CT molecular complexity index is 2110. The van der Waals surface area contributed by atoms with Crippen molar-refractivity contribution in [3.63, 3.8) is 0 Å². The number of methoxy groups -OCH3 is 2. The van der Waals surface area contributed by atoms with E-state index in [9.17, 15) is 29.4 Å². The van der Waals surface area contributed by atoms with Crippen LogP contribution in [0.3, 0.4) is 0 Å². The van der Waals surface area contributed by atoms with E-state index in [0.29, 0.717) is 50.7 Å². The van der Waals surface area contributed by atoms with Crippen LogP contribution in [0.2, 0.25) is 0 Å². The van der Waals surface area contributed by atoms with E-state index < -0.39 is 77.8 Å². The number of ether oxygens (including phenoxy) is 6. The molecular weight excluding hydrogens is 869 g/mol. The molecule has 1 aliphatic carbocycles. The van der Waals surface area contributed by atoms with E-state index in [-0.39, 0.29) is 55.6 Å². The van der Waals surface area contributed by atoms with Crippen molar-refractivity contribution in [3.8, 4) is 5.75 Å². The molecule has 68 heavy (non-hydrogen) atoms. The van der Waals surface area contributed by atoms with Gasteiger partial charge in [-0.1, -0.05) is 52.3 Å². The van der Waals surface area contributed by atoms with Gasteiger partial charge in [0.05, 0.1) is 24.4 Å². The summed E-state index contributed by atoms with van der Waals surface area (Å²) in [5.74, 6) is -6.68. The summed E-state index contributed by atoms with van der Waals surface area (Å²) in [6.45, 7) is 14.1. The second kappa shape index (κ2) is 23.8. The highest BCUT2D eigenvalue weighted by molar-refractivity contribution is 6.39. The maximum Gasteiger partial charge on any atom is 0.329 e. The molecule has 14 atom stereocenters. The maximum atomic E-state index is 14.6. The van der Waals surface area contributed by atoms with E-state index in [1.807, 2.05) is 46.2 Å². The van der Waals surface area contributed by atoms with Crippen LogP contribution in [0.5, 0.6) is 5.75 Å². The minimum atomic E-state index is -2.51. The molecule has 1 amide bonds. The first-order chi connectivity index (χ1) is 32.4. The number of piperidine rings is 1. The van der Waals surface area contributed by atoms with Crippen molar-refractivity contribution in [1.29, 1.82) is 0 Å². The summed E-state index contributed by atoms with van der Waals surface area (Å²) < 4.78 is 39.7. The number of hydrogen-bond donors (Lipinski definition) is 2. The van der Waals surface area contributed by atoms with Crippen molar-refractivity contribution in [1.82, 2.24) is 9.47 Å². The zero-order chi connectivity index (χ0) is 49.4. The van der Waals surface area contributed by atoms with Crippen LogP contribution in [0.4, 0.5) is 0 Å². The third kappa shape index (κ3) is 12.3. The Labute approximate surface area is 404 Å². The maximum absolute atomic E-state index is 14.6. The van der Waals surface area contributed by atoms with Crippen molar-refractivity contribution in [2.75, 3.05) is 27.4 Å². The summed E-state index contributed by atoms with van der Waals surface area (Å²) in [6, 6.07) is 7.05. The number of nitrogens with zero attached hydrogens (tertiary/aromatic N) is 2. The van der Waals surface area contributed by atoms with Crippen molar-refractivity contribution in [2.24, 2.45) is 36.6 Å². The molecule has 14 heteroatoms. The van der Waals surface area contributed by atoms with Crippen LogP contribution >= 0.6 is 0 Å². The van der Waals surface area contributed by atoms with E-state index >= 15 is 0 Å². The number of carbonyl (C=O) groups is 4. The molecule has 378 valence electrons. The molecule has 2 bridgehead atoms. The van der Waals surface area contributed by atoms with Gasteiger partial charge in [0.15, 0.2) is 0 Å². The number of fused-ring (bicyclic) bond motifs is 4. The van der Waals surface area contributed by atoms with Gasteiger partial charge in [-0.05, 0) is 126 Å². The lowest BCUT2D eigenvalue weighted by atomic mass is 9.81. The van der Waals surface area contributed by atoms with Crippen LogP contribution in [0.25, 0.3) is 10.9 Å². The van der Waals surface area contributed by atoms with E-state index in [1.54, 1.807) is 28.1 Å². The highest BCUT2D eigenvalue weighted by Crippen LogP contribution is 2.40. The summed E-state index contributed by atoms with van der Waals surface area (Å²) in [5, 5.41) is 25.2. The number of esters is 1. The van der Waals surface area contributed by atoms with Gasteiger partial charge in [0, 0.05) is 75.7 Å². The Morgan fingerprint density at radius 2 is 1.66 bits per heavy atom. The van der Waals surface area contributed by atoms with Gasteiger partial charge in [0.25, 0.3) is 11.7 Å². The molecule has 1 saturated carbocycles. The Hall–Kier alpha value is -3.92. The third-order valence-corrected chi connectivity index (χ3v) is 15.2. The number of hydrogen-bond acceptors (Lipinski definition) is 12. The second-order valence-corrected chi connectivity index (χ2v) is 20.5. The molecule has 4 heterocycles. The van der Waals surface area contributed by atoms with Gasteiger partial charge in [-0.2, -0.15) is 0 Å². The molecule has 0 spiro atoms. The molecular formula is C54H80N2O12. The van der Waals surface area contributed by atoms with Crippen LogP contribution in [0.1, 0.15) is 126 Å². The predicted octanol–water partition coefficient (Wildman–Crippen LogP) is 7.83. The van der Waals surface area contributed by atoms with Crippen LogP contribution in [0.15, 0.2) is 53.8 Å². The molecule has 14 unspecified atom stereocenters. The topological polar surface area (TPSA) is 172 Å². The van der Waals surface area contributed by atoms with Crippen molar-refractivity contribution < 1.29 is 57.8 Å². The molecule has 2 aromatic rings. The first-order valence-electron chi connectivity index (χ1n) is 25.3. The Balaban J connectivity index is 1.31. The number of allylic oxidation sites excluding steroid dienone is 3. The van der Waals surface area contributed by atoms with Gasteiger partial charge in [-0.25, -0.2) is 4.79 Å². The van der Waals surface area contributed by atoms with Crippen LogP contribution in [0, 0.1) is 29.6 Å². The number of aromatic nitrogens is 1. The quantitative estimate of drug-likeness (QED) is 0.135. The average molecular weight is 949 g/mol. The zero-order valence-electron chi connectivity index (χ0n) is 42.3. The minimum Gasteiger partial charge on any atom is -0.488 e. The van der Waals surface area contributed by atoms with E-state index in [1.165, 1.54) is 4.90 Å². The van der Waals surface area contributed by atoms with Gasteiger partial charge < -0.3 is 48.1 Å². The molecule has 14 nitrogen and oxygen atoms in total. The number of Topliss-reactive ketones (excluding diaryl/α,β-unsaturated/α-hetero) is 2. The summed E-state index contributed by atoms with van der Waals surface area (Å²) in [7, 11) is 5.10. The summed E-state index contributed by atoms with van der Waals surface area (Å²) >= 11 is 0. The lowest BCUT2D eigenvalue weighted by Crippen LogP contribution is -2.64. The van der Waals surface area contributed by atoms with Gasteiger partial charge >= 0.3 is 5.97 Å². The number of benzene rings is 1. The fourth-order valence-corrected chi connectivity index (χ4v) is 11.2. The number of ketones is 2. The third-order valence-electron chi connectivity index (χ3n) is 15.2. The average Bonchev–Trinajstić information content (AvgIpc) is 3.70. The Morgan fingerprint density at radius 3 is 2.37 bits per heavy atom. The van der Waals surface area contributed by atoms with Crippen molar-refractivity contribution in [2.45, 2.75) is 180 Å². The van der Waals surface area contributed by atoms with Crippen molar-refractivity contribution in [3.05, 3.63) is 53.8 Å².